The number of pyridine rings is 1. The van der Waals surface area contributed by atoms with Crippen LogP contribution >= 0.6 is 0 Å². The molecule has 1 saturated heterocycles. The van der Waals surface area contributed by atoms with Gasteiger partial charge in [0.2, 0.25) is 21.8 Å². The van der Waals surface area contributed by atoms with Gasteiger partial charge >= 0.3 is 0 Å². The van der Waals surface area contributed by atoms with Crippen molar-refractivity contribution in [2.45, 2.75) is 24.8 Å². The molecule has 3 heterocycles. The molecule has 1 aromatic carbocycles. The van der Waals surface area contributed by atoms with Crippen LogP contribution in [0.15, 0.2) is 53.6 Å². The van der Waals surface area contributed by atoms with Crippen molar-refractivity contribution in [3.63, 3.8) is 0 Å². The number of nitrogens with one attached hydrogen (secondary N) is 1. The number of amides is 1. The Morgan fingerprint density at radius 2 is 1.67 bits per heavy atom. The van der Waals surface area contributed by atoms with E-state index in [1.165, 1.54) is 28.6 Å². The molecule has 0 saturated carbocycles. The number of carbonyl (C=O) groups excluding carboxylic acids is 1. The van der Waals surface area contributed by atoms with Crippen molar-refractivity contribution in [1.82, 2.24) is 24.0 Å². The molecule has 1 amide bonds. The number of benzene rings is 1. The Kier molecular flexibility index (Phi) is 7.57. The number of hydrogen-bond donors (Lipinski definition) is 1. The normalized spacial score (nSPS) is 15.1. The van der Waals surface area contributed by atoms with Gasteiger partial charge in [-0.2, -0.15) is 14.4 Å². The quantitative estimate of drug-likeness (QED) is 0.487. The van der Waals surface area contributed by atoms with Gasteiger partial charge in [-0.05, 0) is 45.2 Å². The van der Waals surface area contributed by atoms with Gasteiger partial charge in [-0.1, -0.05) is 0 Å². The van der Waals surface area contributed by atoms with Crippen molar-refractivity contribution < 1.29 is 22.7 Å². The van der Waals surface area contributed by atoms with E-state index < -0.39 is 15.9 Å². The van der Waals surface area contributed by atoms with Gasteiger partial charge in [0.05, 0.1) is 16.6 Å². The second kappa shape index (κ2) is 10.6. The lowest BCUT2D eigenvalue weighted by Gasteiger charge is -2.31. The number of rotatable bonds is 8. The second-order valence-electron chi connectivity index (χ2n) is 8.81. The predicted molar refractivity (Wildman–Crippen MR) is 134 cm³/mol. The summed E-state index contributed by atoms with van der Waals surface area (Å²) in [5.41, 5.74) is 0.274. The first-order valence-corrected chi connectivity index (χ1v) is 13.0. The number of anilines is 1. The summed E-state index contributed by atoms with van der Waals surface area (Å²) in [6.45, 7) is 5.99. The lowest BCUT2D eigenvalue weighted by Crippen LogP contribution is -2.46. The van der Waals surface area contributed by atoms with Crippen LogP contribution in [0.5, 0.6) is 17.5 Å². The van der Waals surface area contributed by atoms with Gasteiger partial charge in [0.1, 0.15) is 5.75 Å². The number of hydrogen-bond acceptors (Lipinski definition) is 8. The van der Waals surface area contributed by atoms with Gasteiger partial charge in [-0.15, -0.1) is 0 Å². The van der Waals surface area contributed by atoms with Crippen LogP contribution in [0.3, 0.4) is 0 Å². The van der Waals surface area contributed by atoms with E-state index >= 15 is 0 Å². The summed E-state index contributed by atoms with van der Waals surface area (Å²) in [4.78, 5) is 19.4. The molecule has 36 heavy (non-hydrogen) atoms. The minimum absolute atomic E-state index is 0.133. The van der Waals surface area contributed by atoms with Crippen LogP contribution in [0.25, 0.3) is 0 Å². The third kappa shape index (κ3) is 6.20. The molecule has 0 bridgehead atoms. The van der Waals surface area contributed by atoms with Gasteiger partial charge in [0.25, 0.3) is 5.91 Å². The summed E-state index contributed by atoms with van der Waals surface area (Å²) in [5.74, 6) is 0.739. The Hall–Kier alpha value is -3.48. The van der Waals surface area contributed by atoms with Gasteiger partial charge in [-0.25, -0.2) is 8.42 Å². The fourth-order valence-corrected chi connectivity index (χ4v) is 5.04. The summed E-state index contributed by atoms with van der Waals surface area (Å²) >= 11 is 0. The molecule has 0 aliphatic carbocycles. The lowest BCUT2D eigenvalue weighted by atomic mass is 10.2. The Labute approximate surface area is 210 Å². The highest BCUT2D eigenvalue weighted by Crippen LogP contribution is 2.27. The number of likely N-dealkylation sites (N-methyl/N-ethyl adjacent to an activating group) is 1. The molecule has 1 aliphatic rings. The molecule has 12 heteroatoms. The number of aryl methyl sites for hydroxylation is 1. The highest BCUT2D eigenvalue weighted by atomic mass is 32.2. The van der Waals surface area contributed by atoms with E-state index in [2.05, 4.69) is 20.3 Å². The Balaban J connectivity index is 1.53. The predicted octanol–water partition coefficient (Wildman–Crippen LogP) is 2.58. The third-order valence-electron chi connectivity index (χ3n) is 5.50. The van der Waals surface area contributed by atoms with Crippen LogP contribution in [-0.2, 0) is 17.1 Å². The van der Waals surface area contributed by atoms with Crippen molar-refractivity contribution in [1.29, 1.82) is 0 Å². The zero-order chi connectivity index (χ0) is 25.9. The molecule has 2 aromatic heterocycles. The maximum absolute atomic E-state index is 13.0. The van der Waals surface area contributed by atoms with Crippen molar-refractivity contribution in [3.8, 4) is 17.5 Å². The summed E-state index contributed by atoms with van der Waals surface area (Å²) in [5, 5.41) is 6.88. The number of nitrogens with zero attached hydrogens (tertiary/aromatic N) is 5. The number of carbonyl (C=O) groups is 1. The van der Waals surface area contributed by atoms with Crippen LogP contribution in [-0.4, -0.2) is 77.6 Å². The first-order chi connectivity index (χ1) is 17.1. The molecule has 0 spiro atoms. The van der Waals surface area contributed by atoms with Gasteiger partial charge in [-0.3, -0.25) is 9.48 Å². The van der Waals surface area contributed by atoms with Crippen molar-refractivity contribution >= 4 is 21.7 Å². The summed E-state index contributed by atoms with van der Waals surface area (Å²) in [6.07, 6.45) is 1.55. The Morgan fingerprint density at radius 1 is 1.00 bits per heavy atom. The van der Waals surface area contributed by atoms with Crippen LogP contribution in [0, 0.1) is 0 Å². The van der Waals surface area contributed by atoms with Gasteiger partial charge in [0.15, 0.2) is 5.82 Å². The monoisotopic (exact) mass is 514 g/mol. The molecular formula is C24H30N6O5S. The summed E-state index contributed by atoms with van der Waals surface area (Å²) in [6, 6.07) is 10.8. The molecule has 0 atom stereocenters. The molecule has 192 valence electrons. The first-order valence-electron chi connectivity index (χ1n) is 11.6. The van der Waals surface area contributed by atoms with E-state index in [1.807, 2.05) is 20.9 Å². The summed E-state index contributed by atoms with van der Waals surface area (Å²) in [7, 11) is 0.139. The highest BCUT2D eigenvalue weighted by Gasteiger charge is 2.27. The average Bonchev–Trinajstić information content (AvgIpc) is 3.23. The fraction of sp³-hybridized carbons (Fsp3) is 0.375. The van der Waals surface area contributed by atoms with Crippen LogP contribution in [0.1, 0.15) is 24.2 Å². The second-order valence-corrected chi connectivity index (χ2v) is 10.7. The number of piperazine rings is 1. The number of ether oxygens (including phenoxy) is 2. The van der Waals surface area contributed by atoms with E-state index in [4.69, 9.17) is 9.47 Å². The highest BCUT2D eigenvalue weighted by molar-refractivity contribution is 7.89. The molecule has 0 radical (unpaired) electrons. The lowest BCUT2D eigenvalue weighted by molar-refractivity contribution is 0.102. The van der Waals surface area contributed by atoms with E-state index in [0.717, 1.165) is 0 Å². The van der Waals surface area contributed by atoms with Crippen LogP contribution in [0.4, 0.5) is 5.82 Å². The molecule has 1 N–H and O–H groups in total. The maximum atomic E-state index is 13.0. The SMILES string of the molecule is CC(C)Oc1cc(C(=O)Nc2ccn(C)n2)cc(Oc2ccc(S(=O)(=O)N3CCN(C)CC3)cc2)n1. The number of sulfonamides is 1. The van der Waals surface area contributed by atoms with E-state index in [-0.39, 0.29) is 28.3 Å². The van der Waals surface area contributed by atoms with Crippen LogP contribution < -0.4 is 14.8 Å². The van der Waals surface area contributed by atoms with Crippen LogP contribution in [0.2, 0.25) is 0 Å². The average molecular weight is 515 g/mol. The van der Waals surface area contributed by atoms with E-state index in [0.29, 0.717) is 37.7 Å². The van der Waals surface area contributed by atoms with Crippen molar-refractivity contribution in [2.75, 3.05) is 38.5 Å². The first kappa shape index (κ1) is 25.6. The van der Waals surface area contributed by atoms with E-state index in [9.17, 15) is 13.2 Å². The minimum Gasteiger partial charge on any atom is -0.475 e. The van der Waals surface area contributed by atoms with Gasteiger partial charge in [0, 0.05) is 57.6 Å². The molecule has 0 unspecified atom stereocenters. The Bertz CT molecular complexity index is 1320. The molecule has 1 fully saturated rings. The standard InChI is InChI=1S/C24H30N6O5S/c1-17(2)34-22-15-18(24(31)25-21-9-10-29(4)27-21)16-23(26-22)35-19-5-7-20(8-6-19)36(32,33)30-13-11-28(3)12-14-30/h5-10,15-17H,11-14H2,1-4H3,(H,25,27,31). The molecule has 4 rings (SSSR count). The topological polar surface area (TPSA) is 119 Å². The third-order valence-corrected chi connectivity index (χ3v) is 7.41. The molecule has 3 aromatic rings. The smallest absolute Gasteiger partial charge is 0.257 e. The Morgan fingerprint density at radius 3 is 2.28 bits per heavy atom. The number of aromatic nitrogens is 3. The largest absolute Gasteiger partial charge is 0.475 e. The summed E-state index contributed by atoms with van der Waals surface area (Å²) < 4.78 is 40.6. The maximum Gasteiger partial charge on any atom is 0.257 e. The van der Waals surface area contributed by atoms with Crippen molar-refractivity contribution in [3.05, 3.63) is 54.2 Å². The zero-order valence-electron chi connectivity index (χ0n) is 20.7. The fourth-order valence-electron chi connectivity index (χ4n) is 3.61. The minimum atomic E-state index is -3.59. The van der Waals surface area contributed by atoms with Gasteiger partial charge < -0.3 is 19.7 Å². The molecule has 1 aliphatic heterocycles. The van der Waals surface area contributed by atoms with Crippen molar-refractivity contribution in [2.24, 2.45) is 7.05 Å². The van der Waals surface area contributed by atoms with E-state index in [1.54, 1.807) is 36.1 Å². The zero-order valence-corrected chi connectivity index (χ0v) is 21.5. The molecular weight excluding hydrogens is 484 g/mol. The molecule has 11 nitrogen and oxygen atoms in total.